The summed E-state index contributed by atoms with van der Waals surface area (Å²) in [5.41, 5.74) is 1.92. The molecular weight excluding hydrogens is 170 g/mol. The Balaban J connectivity index is 2.20. The van der Waals surface area contributed by atoms with Gasteiger partial charge in [0.05, 0.1) is 24.5 Å². The molecule has 0 saturated heterocycles. The minimum atomic E-state index is -0.798. The molecular formula is C8H11N3O2. The van der Waals surface area contributed by atoms with E-state index >= 15 is 0 Å². The lowest BCUT2D eigenvalue weighted by atomic mass is 10.0. The van der Waals surface area contributed by atoms with Crippen LogP contribution in [0.4, 0.5) is 0 Å². The lowest BCUT2D eigenvalue weighted by Crippen LogP contribution is -2.31. The maximum absolute atomic E-state index is 10.5. The number of aromatic amines is 1. The van der Waals surface area contributed by atoms with Crippen molar-refractivity contribution < 1.29 is 9.90 Å². The Kier molecular flexibility index (Phi) is 2.02. The molecule has 0 saturated carbocycles. The number of nitrogens with one attached hydrogen (secondary N) is 2. The zero-order valence-electron chi connectivity index (χ0n) is 7.08. The molecule has 0 aromatic carbocycles. The highest BCUT2D eigenvalue weighted by Crippen LogP contribution is 2.21. The number of carboxylic acids is 1. The van der Waals surface area contributed by atoms with Gasteiger partial charge < -0.3 is 15.4 Å². The molecule has 0 radical (unpaired) electrons. The van der Waals surface area contributed by atoms with Crippen LogP contribution in [0.2, 0.25) is 0 Å². The second kappa shape index (κ2) is 3.18. The molecule has 2 heterocycles. The average Bonchev–Trinajstić information content (AvgIpc) is 2.51. The number of rotatable bonds is 2. The molecule has 1 atom stereocenters. The van der Waals surface area contributed by atoms with Gasteiger partial charge in [0.15, 0.2) is 0 Å². The minimum absolute atomic E-state index is 0.0951. The first-order valence-electron chi connectivity index (χ1n) is 4.24. The topological polar surface area (TPSA) is 78.0 Å². The molecule has 1 aliphatic rings. The van der Waals surface area contributed by atoms with Crippen LogP contribution >= 0.6 is 0 Å². The van der Waals surface area contributed by atoms with E-state index in [-0.39, 0.29) is 12.5 Å². The number of nitrogens with zero attached hydrogens (tertiary/aromatic N) is 1. The molecule has 0 aliphatic carbocycles. The third-order valence-electron chi connectivity index (χ3n) is 2.23. The number of H-pyrrole nitrogens is 1. The van der Waals surface area contributed by atoms with Gasteiger partial charge in [-0.15, -0.1) is 0 Å². The first kappa shape index (κ1) is 8.25. The summed E-state index contributed by atoms with van der Waals surface area (Å²) >= 11 is 0. The highest BCUT2D eigenvalue weighted by atomic mass is 16.4. The molecule has 1 unspecified atom stereocenters. The number of hydrogen-bond donors (Lipinski definition) is 3. The predicted octanol–water partition coefficient (Wildman–Crippen LogP) is 0.0712. The molecule has 0 fully saturated rings. The fourth-order valence-corrected chi connectivity index (χ4v) is 1.64. The molecule has 5 heteroatoms. The first-order valence-corrected chi connectivity index (χ1v) is 4.24. The van der Waals surface area contributed by atoms with Crippen molar-refractivity contribution in [3.05, 3.63) is 17.7 Å². The maximum Gasteiger partial charge on any atom is 0.305 e. The molecule has 1 aromatic heterocycles. The van der Waals surface area contributed by atoms with Crippen LogP contribution in [-0.4, -0.2) is 27.6 Å². The molecule has 1 aliphatic heterocycles. The second-order valence-electron chi connectivity index (χ2n) is 3.12. The number of carbonyl (C=O) groups is 1. The van der Waals surface area contributed by atoms with Gasteiger partial charge in [-0.1, -0.05) is 0 Å². The van der Waals surface area contributed by atoms with Gasteiger partial charge in [0.1, 0.15) is 0 Å². The Bertz CT molecular complexity index is 321. The molecule has 0 amide bonds. The number of imidazole rings is 1. The van der Waals surface area contributed by atoms with E-state index in [0.717, 1.165) is 24.4 Å². The van der Waals surface area contributed by atoms with Crippen molar-refractivity contribution in [3.63, 3.8) is 0 Å². The van der Waals surface area contributed by atoms with Crippen LogP contribution in [0.25, 0.3) is 0 Å². The van der Waals surface area contributed by atoms with E-state index in [0.29, 0.717) is 0 Å². The fraction of sp³-hybridized carbons (Fsp3) is 0.500. The maximum atomic E-state index is 10.5. The second-order valence-corrected chi connectivity index (χ2v) is 3.12. The standard InChI is InChI=1S/C8H11N3O2/c12-7(13)3-6-8-5(1-2-9-6)10-4-11-8/h4,6,9H,1-3H2,(H,10,11)(H,12,13). The normalized spacial score (nSPS) is 21.1. The molecule has 2 rings (SSSR count). The molecule has 0 spiro atoms. The molecule has 13 heavy (non-hydrogen) atoms. The number of fused-ring (bicyclic) bond motifs is 1. The summed E-state index contributed by atoms with van der Waals surface area (Å²) in [6.07, 6.45) is 2.61. The number of aliphatic carboxylic acids is 1. The van der Waals surface area contributed by atoms with Crippen LogP contribution in [0.3, 0.4) is 0 Å². The van der Waals surface area contributed by atoms with Crippen LogP contribution in [0.15, 0.2) is 6.33 Å². The molecule has 0 bridgehead atoms. The zero-order valence-corrected chi connectivity index (χ0v) is 7.08. The van der Waals surface area contributed by atoms with E-state index in [1.807, 2.05) is 0 Å². The summed E-state index contributed by atoms with van der Waals surface area (Å²) < 4.78 is 0. The van der Waals surface area contributed by atoms with E-state index < -0.39 is 5.97 Å². The quantitative estimate of drug-likeness (QED) is 0.603. The summed E-state index contributed by atoms with van der Waals surface area (Å²) in [5, 5.41) is 11.8. The SMILES string of the molecule is O=C(O)CC1NCCc2[nH]cnc21. The summed E-state index contributed by atoms with van der Waals surface area (Å²) in [6.45, 7) is 0.813. The largest absolute Gasteiger partial charge is 0.481 e. The number of hydrogen-bond acceptors (Lipinski definition) is 3. The third kappa shape index (κ3) is 1.55. The minimum Gasteiger partial charge on any atom is -0.481 e. The monoisotopic (exact) mass is 181 g/mol. The van der Waals surface area contributed by atoms with Crippen LogP contribution in [0.1, 0.15) is 23.9 Å². The summed E-state index contributed by atoms with van der Waals surface area (Å²) in [5.74, 6) is -0.798. The highest BCUT2D eigenvalue weighted by molar-refractivity contribution is 5.67. The Hall–Kier alpha value is -1.36. The van der Waals surface area contributed by atoms with E-state index in [2.05, 4.69) is 15.3 Å². The van der Waals surface area contributed by atoms with Crippen molar-refractivity contribution in [3.8, 4) is 0 Å². The Morgan fingerprint density at radius 2 is 2.62 bits per heavy atom. The van der Waals surface area contributed by atoms with Crippen molar-refractivity contribution in [1.82, 2.24) is 15.3 Å². The molecule has 3 N–H and O–H groups in total. The first-order chi connectivity index (χ1) is 6.27. The van der Waals surface area contributed by atoms with Crippen LogP contribution in [0.5, 0.6) is 0 Å². The summed E-state index contributed by atoms with van der Waals surface area (Å²) in [6, 6.07) is -0.132. The van der Waals surface area contributed by atoms with Crippen LogP contribution < -0.4 is 5.32 Å². The molecule has 70 valence electrons. The van der Waals surface area contributed by atoms with Crippen molar-refractivity contribution >= 4 is 5.97 Å². The van der Waals surface area contributed by atoms with E-state index in [1.165, 1.54) is 0 Å². The Labute approximate surface area is 75.2 Å². The van der Waals surface area contributed by atoms with Gasteiger partial charge in [-0.25, -0.2) is 4.98 Å². The Morgan fingerprint density at radius 3 is 3.38 bits per heavy atom. The lowest BCUT2D eigenvalue weighted by Gasteiger charge is -2.21. The van der Waals surface area contributed by atoms with Gasteiger partial charge in [0, 0.05) is 18.7 Å². The van der Waals surface area contributed by atoms with Crippen molar-refractivity contribution in [1.29, 1.82) is 0 Å². The van der Waals surface area contributed by atoms with Gasteiger partial charge in [-0.3, -0.25) is 4.79 Å². The fourth-order valence-electron chi connectivity index (χ4n) is 1.64. The van der Waals surface area contributed by atoms with Gasteiger partial charge in [-0.05, 0) is 0 Å². The average molecular weight is 181 g/mol. The number of carboxylic acid groups (broad SMARTS) is 1. The lowest BCUT2D eigenvalue weighted by molar-refractivity contribution is -0.137. The molecule has 5 nitrogen and oxygen atoms in total. The van der Waals surface area contributed by atoms with Gasteiger partial charge >= 0.3 is 5.97 Å². The van der Waals surface area contributed by atoms with Crippen molar-refractivity contribution in [2.24, 2.45) is 0 Å². The van der Waals surface area contributed by atoms with Gasteiger partial charge in [0.2, 0.25) is 0 Å². The zero-order chi connectivity index (χ0) is 9.26. The summed E-state index contributed by atoms with van der Waals surface area (Å²) in [4.78, 5) is 17.6. The third-order valence-corrected chi connectivity index (χ3v) is 2.23. The van der Waals surface area contributed by atoms with E-state index in [4.69, 9.17) is 5.11 Å². The smallest absolute Gasteiger partial charge is 0.305 e. The van der Waals surface area contributed by atoms with Crippen LogP contribution in [0, 0.1) is 0 Å². The van der Waals surface area contributed by atoms with Crippen molar-refractivity contribution in [2.45, 2.75) is 18.9 Å². The molecule has 1 aromatic rings. The Morgan fingerprint density at radius 1 is 1.77 bits per heavy atom. The predicted molar refractivity (Wildman–Crippen MR) is 45.3 cm³/mol. The summed E-state index contributed by atoms with van der Waals surface area (Å²) in [7, 11) is 0. The number of aromatic nitrogens is 2. The van der Waals surface area contributed by atoms with Crippen LogP contribution in [-0.2, 0) is 11.2 Å². The van der Waals surface area contributed by atoms with E-state index in [1.54, 1.807) is 6.33 Å². The van der Waals surface area contributed by atoms with Crippen molar-refractivity contribution in [2.75, 3.05) is 6.54 Å². The van der Waals surface area contributed by atoms with Gasteiger partial charge in [-0.2, -0.15) is 0 Å². The highest BCUT2D eigenvalue weighted by Gasteiger charge is 2.23. The van der Waals surface area contributed by atoms with Gasteiger partial charge in [0.25, 0.3) is 0 Å². The van der Waals surface area contributed by atoms with E-state index in [9.17, 15) is 4.79 Å².